The van der Waals surface area contributed by atoms with Crippen molar-refractivity contribution in [1.82, 2.24) is 10.0 Å². The van der Waals surface area contributed by atoms with Gasteiger partial charge in [0.05, 0.1) is 4.90 Å². The van der Waals surface area contributed by atoms with E-state index in [1.807, 2.05) is 6.92 Å². The summed E-state index contributed by atoms with van der Waals surface area (Å²) < 4.78 is 27.3. The molecule has 0 aliphatic heterocycles. The van der Waals surface area contributed by atoms with Crippen molar-refractivity contribution >= 4 is 15.9 Å². The van der Waals surface area contributed by atoms with Gasteiger partial charge in [-0.25, -0.2) is 13.1 Å². The van der Waals surface area contributed by atoms with Crippen molar-refractivity contribution in [2.75, 3.05) is 6.54 Å². The zero-order chi connectivity index (χ0) is 17.9. The SMILES string of the molecule is Cc1ccc(S(=O)(=O)NC2CC2)cc1C(=O)NCCC1=CCCCC1. The molecule has 2 aliphatic carbocycles. The maximum absolute atomic E-state index is 12.5. The van der Waals surface area contributed by atoms with Crippen molar-refractivity contribution in [3.05, 3.63) is 41.0 Å². The Morgan fingerprint density at radius 2 is 2.04 bits per heavy atom. The van der Waals surface area contributed by atoms with E-state index in [-0.39, 0.29) is 16.8 Å². The molecule has 25 heavy (non-hydrogen) atoms. The van der Waals surface area contributed by atoms with Gasteiger partial charge < -0.3 is 5.32 Å². The zero-order valence-corrected chi connectivity index (χ0v) is 15.5. The Morgan fingerprint density at radius 3 is 2.72 bits per heavy atom. The summed E-state index contributed by atoms with van der Waals surface area (Å²) in [5, 5.41) is 2.92. The van der Waals surface area contributed by atoms with Crippen LogP contribution in [0.25, 0.3) is 0 Å². The summed E-state index contributed by atoms with van der Waals surface area (Å²) >= 11 is 0. The van der Waals surface area contributed by atoms with Gasteiger partial charge in [0, 0.05) is 18.2 Å². The lowest BCUT2D eigenvalue weighted by Gasteiger charge is -2.14. The van der Waals surface area contributed by atoms with Crippen LogP contribution in [0, 0.1) is 6.92 Å². The van der Waals surface area contributed by atoms with E-state index in [0.29, 0.717) is 12.1 Å². The van der Waals surface area contributed by atoms with E-state index >= 15 is 0 Å². The fourth-order valence-electron chi connectivity index (χ4n) is 3.07. The summed E-state index contributed by atoms with van der Waals surface area (Å²) in [7, 11) is -3.55. The first-order valence-electron chi connectivity index (χ1n) is 9.05. The molecule has 1 amide bonds. The van der Waals surface area contributed by atoms with Crippen LogP contribution in [0.5, 0.6) is 0 Å². The highest BCUT2D eigenvalue weighted by Crippen LogP contribution is 2.23. The number of benzene rings is 1. The van der Waals surface area contributed by atoms with Gasteiger partial charge in [0.2, 0.25) is 10.0 Å². The van der Waals surface area contributed by atoms with Crippen LogP contribution in [0.1, 0.15) is 60.9 Å². The van der Waals surface area contributed by atoms with Crippen LogP contribution in [-0.2, 0) is 10.0 Å². The predicted molar refractivity (Wildman–Crippen MR) is 98.0 cm³/mol. The summed E-state index contributed by atoms with van der Waals surface area (Å²) in [6, 6.07) is 4.78. The molecule has 1 saturated carbocycles. The first-order chi connectivity index (χ1) is 12.0. The molecule has 0 aromatic heterocycles. The monoisotopic (exact) mass is 362 g/mol. The fourth-order valence-corrected chi connectivity index (χ4v) is 4.40. The maximum Gasteiger partial charge on any atom is 0.251 e. The number of carbonyl (C=O) groups excluding carboxylic acids is 1. The lowest BCUT2D eigenvalue weighted by Crippen LogP contribution is -2.28. The van der Waals surface area contributed by atoms with Gasteiger partial charge in [-0.1, -0.05) is 17.7 Å². The van der Waals surface area contributed by atoms with Crippen molar-refractivity contribution in [3.8, 4) is 0 Å². The summed E-state index contributed by atoms with van der Waals surface area (Å²) in [4.78, 5) is 12.6. The average molecular weight is 362 g/mol. The van der Waals surface area contributed by atoms with Gasteiger partial charge in [-0.2, -0.15) is 0 Å². The molecule has 1 aromatic carbocycles. The van der Waals surface area contributed by atoms with Crippen molar-refractivity contribution in [2.24, 2.45) is 0 Å². The number of sulfonamides is 1. The van der Waals surface area contributed by atoms with E-state index in [9.17, 15) is 13.2 Å². The zero-order valence-electron chi connectivity index (χ0n) is 14.7. The molecule has 1 aromatic rings. The van der Waals surface area contributed by atoms with Crippen LogP contribution in [0.4, 0.5) is 0 Å². The average Bonchev–Trinajstić information content (AvgIpc) is 3.39. The maximum atomic E-state index is 12.5. The van der Waals surface area contributed by atoms with Gasteiger partial charge in [0.25, 0.3) is 5.91 Å². The first-order valence-corrected chi connectivity index (χ1v) is 10.5. The van der Waals surface area contributed by atoms with Crippen LogP contribution in [0.2, 0.25) is 0 Å². The van der Waals surface area contributed by atoms with E-state index in [2.05, 4.69) is 16.1 Å². The van der Waals surface area contributed by atoms with Crippen molar-refractivity contribution in [2.45, 2.75) is 62.8 Å². The van der Waals surface area contributed by atoms with Gasteiger partial charge in [-0.3, -0.25) is 4.79 Å². The van der Waals surface area contributed by atoms with Crippen molar-refractivity contribution in [3.63, 3.8) is 0 Å². The van der Waals surface area contributed by atoms with Crippen LogP contribution in [-0.4, -0.2) is 26.9 Å². The highest BCUT2D eigenvalue weighted by Gasteiger charge is 2.28. The van der Waals surface area contributed by atoms with Crippen LogP contribution in [0.3, 0.4) is 0 Å². The number of carbonyl (C=O) groups is 1. The summed E-state index contributed by atoms with van der Waals surface area (Å²) in [5.41, 5.74) is 2.62. The van der Waals surface area contributed by atoms with E-state index in [0.717, 1.165) is 37.7 Å². The minimum Gasteiger partial charge on any atom is -0.352 e. The standard InChI is InChI=1S/C19H26N2O3S/c1-14-7-10-17(25(23,24)21-16-8-9-16)13-18(14)19(22)20-12-11-15-5-3-2-4-6-15/h5,7,10,13,16,21H,2-4,6,8-9,11-12H2,1H3,(H,20,22). The molecule has 1 fully saturated rings. The molecule has 0 unspecified atom stereocenters. The third-order valence-electron chi connectivity index (χ3n) is 4.78. The lowest BCUT2D eigenvalue weighted by molar-refractivity contribution is 0.0953. The highest BCUT2D eigenvalue weighted by molar-refractivity contribution is 7.89. The molecule has 0 atom stereocenters. The molecule has 3 rings (SSSR count). The second-order valence-electron chi connectivity index (χ2n) is 6.99. The summed E-state index contributed by atoms with van der Waals surface area (Å²) in [6.45, 7) is 2.41. The highest BCUT2D eigenvalue weighted by atomic mass is 32.2. The van der Waals surface area contributed by atoms with Gasteiger partial charge in [-0.15, -0.1) is 0 Å². The molecule has 0 radical (unpaired) electrons. The van der Waals surface area contributed by atoms with Gasteiger partial charge in [0.15, 0.2) is 0 Å². The van der Waals surface area contributed by atoms with Crippen molar-refractivity contribution < 1.29 is 13.2 Å². The molecule has 5 nitrogen and oxygen atoms in total. The number of hydrogen-bond acceptors (Lipinski definition) is 3. The Bertz CT molecular complexity index is 780. The Kier molecular flexibility index (Phi) is 5.59. The topological polar surface area (TPSA) is 75.3 Å². The smallest absolute Gasteiger partial charge is 0.251 e. The van der Waals surface area contributed by atoms with Crippen molar-refractivity contribution in [1.29, 1.82) is 0 Å². The molecule has 0 spiro atoms. The van der Waals surface area contributed by atoms with E-state index in [1.54, 1.807) is 12.1 Å². The molecule has 6 heteroatoms. The number of amides is 1. The summed E-state index contributed by atoms with van der Waals surface area (Å²) in [6.07, 6.45) is 9.65. The molecule has 2 N–H and O–H groups in total. The van der Waals surface area contributed by atoms with Gasteiger partial charge >= 0.3 is 0 Å². The van der Waals surface area contributed by atoms with E-state index in [4.69, 9.17) is 0 Å². The number of allylic oxidation sites excluding steroid dienone is 1. The minimum absolute atomic E-state index is 0.0485. The molecule has 2 aliphatic rings. The molecular weight excluding hydrogens is 336 g/mol. The number of hydrogen-bond donors (Lipinski definition) is 2. The second-order valence-corrected chi connectivity index (χ2v) is 8.70. The van der Waals surface area contributed by atoms with Gasteiger partial charge in [-0.05, 0) is 69.6 Å². The molecular formula is C19H26N2O3S. The fraction of sp³-hybridized carbons (Fsp3) is 0.526. The number of rotatable bonds is 7. The van der Waals surface area contributed by atoms with Crippen LogP contribution < -0.4 is 10.0 Å². The first kappa shape index (κ1) is 18.1. The molecule has 0 bridgehead atoms. The third-order valence-corrected chi connectivity index (χ3v) is 6.30. The van der Waals surface area contributed by atoms with E-state index < -0.39 is 10.0 Å². The second kappa shape index (κ2) is 7.70. The van der Waals surface area contributed by atoms with Crippen LogP contribution in [0.15, 0.2) is 34.7 Å². The quantitative estimate of drug-likeness (QED) is 0.732. The normalized spacial score (nSPS) is 17.9. The molecule has 136 valence electrons. The van der Waals surface area contributed by atoms with E-state index in [1.165, 1.54) is 24.5 Å². The predicted octanol–water partition coefficient (Wildman–Crippen LogP) is 3.06. The molecule has 0 heterocycles. The summed E-state index contributed by atoms with van der Waals surface area (Å²) in [5.74, 6) is -0.211. The number of aryl methyl sites for hydroxylation is 1. The Morgan fingerprint density at radius 1 is 1.24 bits per heavy atom. The van der Waals surface area contributed by atoms with Crippen LogP contribution >= 0.6 is 0 Å². The van der Waals surface area contributed by atoms with Gasteiger partial charge in [0.1, 0.15) is 0 Å². The lowest BCUT2D eigenvalue weighted by atomic mass is 9.97. The number of nitrogens with one attached hydrogen (secondary N) is 2. The Hall–Kier alpha value is -1.66. The largest absolute Gasteiger partial charge is 0.352 e. The molecule has 0 saturated heterocycles. The minimum atomic E-state index is -3.55. The Balaban J connectivity index is 1.64. The third kappa shape index (κ3) is 4.92. The Labute approximate surface area is 149 Å².